The molecule has 3 aromatic rings. The van der Waals surface area contributed by atoms with E-state index in [1.54, 1.807) is 29.2 Å². The second-order valence-electron chi connectivity index (χ2n) is 8.53. The Morgan fingerprint density at radius 1 is 1.03 bits per heavy atom. The number of hydrogen-bond acceptors (Lipinski definition) is 2. The summed E-state index contributed by atoms with van der Waals surface area (Å²) in [5.74, 6) is -1.43. The van der Waals surface area contributed by atoms with Crippen LogP contribution >= 0.6 is 11.6 Å². The van der Waals surface area contributed by atoms with Crippen molar-refractivity contribution in [2.75, 3.05) is 20.1 Å². The number of hydrogen-bond donors (Lipinski definition) is 0. The topological polar surface area (TPSA) is 23.6 Å². The second-order valence-corrected chi connectivity index (χ2v) is 8.97. The lowest BCUT2D eigenvalue weighted by atomic mass is 9.93. The molecule has 3 aromatic carbocycles. The van der Waals surface area contributed by atoms with Crippen LogP contribution in [0.2, 0.25) is 5.02 Å². The largest absolute Gasteiger partial charge is 0.419 e. The molecule has 1 amide bonds. The maximum absolute atomic E-state index is 14.1. The van der Waals surface area contributed by atoms with Gasteiger partial charge in [0.15, 0.2) is 0 Å². The normalized spacial score (nSPS) is 18.5. The van der Waals surface area contributed by atoms with E-state index in [0.29, 0.717) is 29.2 Å². The van der Waals surface area contributed by atoms with Gasteiger partial charge in [-0.1, -0.05) is 48.0 Å². The molecule has 0 spiro atoms. The second kappa shape index (κ2) is 9.76. The first-order valence-corrected chi connectivity index (χ1v) is 11.2. The Kier molecular flexibility index (Phi) is 6.96. The van der Waals surface area contributed by atoms with Crippen LogP contribution in [0.15, 0.2) is 72.8 Å². The lowest BCUT2D eigenvalue weighted by molar-refractivity contribution is -0.140. The Balaban J connectivity index is 1.58. The van der Waals surface area contributed by atoms with Gasteiger partial charge in [-0.15, -0.1) is 0 Å². The number of rotatable bonds is 5. The fourth-order valence-corrected chi connectivity index (χ4v) is 4.62. The lowest BCUT2D eigenvalue weighted by Crippen LogP contribution is -2.38. The summed E-state index contributed by atoms with van der Waals surface area (Å²) in [6.45, 7) is 1.14. The molecular formula is C26H23ClF4N2O. The molecule has 4 rings (SSSR count). The molecule has 178 valence electrons. The van der Waals surface area contributed by atoms with Crippen LogP contribution in [0.3, 0.4) is 0 Å². The van der Waals surface area contributed by atoms with Crippen molar-refractivity contribution in [1.82, 2.24) is 9.80 Å². The molecule has 0 aromatic heterocycles. The van der Waals surface area contributed by atoms with Gasteiger partial charge < -0.3 is 4.90 Å². The highest BCUT2D eigenvalue weighted by molar-refractivity contribution is 6.30. The van der Waals surface area contributed by atoms with E-state index >= 15 is 0 Å². The van der Waals surface area contributed by atoms with Crippen molar-refractivity contribution in [2.45, 2.75) is 24.7 Å². The molecule has 0 aliphatic carbocycles. The summed E-state index contributed by atoms with van der Waals surface area (Å²) >= 11 is 6.05. The summed E-state index contributed by atoms with van der Waals surface area (Å²) in [5.41, 5.74) is 0.739. The summed E-state index contributed by atoms with van der Waals surface area (Å²) in [4.78, 5) is 16.8. The average molecular weight is 491 g/mol. The van der Waals surface area contributed by atoms with Gasteiger partial charge in [-0.05, 0) is 54.6 Å². The summed E-state index contributed by atoms with van der Waals surface area (Å²) in [7, 11) is 1.83. The van der Waals surface area contributed by atoms with Crippen LogP contribution in [-0.2, 0) is 12.7 Å². The third-order valence-electron chi connectivity index (χ3n) is 6.23. The van der Waals surface area contributed by atoms with E-state index in [-0.39, 0.29) is 24.4 Å². The molecule has 3 nitrogen and oxygen atoms in total. The van der Waals surface area contributed by atoms with Crippen LogP contribution in [0.4, 0.5) is 17.6 Å². The first kappa shape index (κ1) is 24.2. The van der Waals surface area contributed by atoms with Crippen LogP contribution in [0.5, 0.6) is 0 Å². The molecule has 0 unspecified atom stereocenters. The van der Waals surface area contributed by atoms with E-state index in [9.17, 15) is 22.4 Å². The SMILES string of the molecule is CN(Cc1ccc(C(F)(F)F)c(F)c1)[C@H]1CN(C(=O)c2ccccc2)C[C@@H]1c1ccc(Cl)cc1. The monoisotopic (exact) mass is 490 g/mol. The first-order valence-electron chi connectivity index (χ1n) is 10.8. The predicted octanol–water partition coefficient (Wildman–Crippen LogP) is 6.24. The summed E-state index contributed by atoms with van der Waals surface area (Å²) in [6, 6.07) is 19.3. The third kappa shape index (κ3) is 5.26. The first-order chi connectivity index (χ1) is 16.1. The minimum absolute atomic E-state index is 0.0470. The van der Waals surface area contributed by atoms with Crippen LogP contribution in [0.25, 0.3) is 0 Å². The van der Waals surface area contributed by atoms with Gasteiger partial charge in [0.2, 0.25) is 0 Å². The molecule has 0 bridgehead atoms. The molecule has 1 heterocycles. The molecule has 0 radical (unpaired) electrons. The van der Waals surface area contributed by atoms with E-state index in [1.165, 1.54) is 6.07 Å². The highest BCUT2D eigenvalue weighted by Gasteiger charge is 2.39. The van der Waals surface area contributed by atoms with Crippen molar-refractivity contribution in [1.29, 1.82) is 0 Å². The highest BCUT2D eigenvalue weighted by Crippen LogP contribution is 2.34. The summed E-state index contributed by atoms with van der Waals surface area (Å²) in [5, 5.41) is 0.601. The van der Waals surface area contributed by atoms with Gasteiger partial charge >= 0.3 is 6.18 Å². The number of likely N-dealkylation sites (N-methyl/N-ethyl adjacent to an activating group) is 1. The van der Waals surface area contributed by atoms with Crippen LogP contribution in [-0.4, -0.2) is 41.9 Å². The highest BCUT2D eigenvalue weighted by atomic mass is 35.5. The van der Waals surface area contributed by atoms with E-state index in [2.05, 4.69) is 0 Å². The molecule has 34 heavy (non-hydrogen) atoms. The number of nitrogens with zero attached hydrogens (tertiary/aromatic N) is 2. The molecule has 1 aliphatic heterocycles. The fourth-order valence-electron chi connectivity index (χ4n) is 4.49. The Morgan fingerprint density at radius 3 is 2.32 bits per heavy atom. The number of carbonyl (C=O) groups excluding carboxylic acids is 1. The van der Waals surface area contributed by atoms with E-state index < -0.39 is 17.6 Å². The average Bonchev–Trinajstić information content (AvgIpc) is 3.24. The zero-order valence-electron chi connectivity index (χ0n) is 18.4. The smallest absolute Gasteiger partial charge is 0.336 e. The zero-order chi connectivity index (χ0) is 24.5. The lowest BCUT2D eigenvalue weighted by Gasteiger charge is -2.29. The van der Waals surface area contributed by atoms with E-state index in [1.807, 2.05) is 42.3 Å². The van der Waals surface area contributed by atoms with Gasteiger partial charge in [0, 0.05) is 42.2 Å². The maximum atomic E-state index is 14.1. The minimum atomic E-state index is -4.74. The van der Waals surface area contributed by atoms with E-state index in [0.717, 1.165) is 17.7 Å². The molecular weight excluding hydrogens is 468 g/mol. The molecule has 8 heteroatoms. The number of carbonyl (C=O) groups is 1. The van der Waals surface area contributed by atoms with Gasteiger partial charge in [0.1, 0.15) is 5.82 Å². The van der Waals surface area contributed by atoms with Gasteiger partial charge in [0.25, 0.3) is 5.91 Å². The van der Waals surface area contributed by atoms with Crippen LogP contribution in [0.1, 0.15) is 33.0 Å². The molecule has 1 saturated heterocycles. The van der Waals surface area contributed by atoms with Crippen molar-refractivity contribution in [3.05, 3.63) is 106 Å². The number of halogens is 5. The number of amides is 1. The van der Waals surface area contributed by atoms with Crippen molar-refractivity contribution in [3.63, 3.8) is 0 Å². The Bertz CT molecular complexity index is 1150. The van der Waals surface area contributed by atoms with Crippen LogP contribution < -0.4 is 0 Å². The number of alkyl halides is 3. The molecule has 1 fully saturated rings. The number of likely N-dealkylation sites (tertiary alicyclic amines) is 1. The summed E-state index contributed by atoms with van der Waals surface area (Å²) in [6.07, 6.45) is -4.74. The van der Waals surface area contributed by atoms with Gasteiger partial charge in [-0.3, -0.25) is 9.69 Å². The maximum Gasteiger partial charge on any atom is 0.419 e. The standard InChI is InChI=1S/C26H23ClF4N2O/c1-32(14-17-7-12-22(23(28)13-17)26(29,30)31)24-16-33(25(34)19-5-3-2-4-6-19)15-21(24)18-8-10-20(27)11-9-18/h2-13,21,24H,14-16H2,1H3/t21-,24+/m1/s1. The Labute approximate surface area is 200 Å². The molecule has 2 atom stereocenters. The van der Waals surface area contributed by atoms with Gasteiger partial charge in [-0.25, -0.2) is 4.39 Å². The number of benzene rings is 3. The van der Waals surface area contributed by atoms with Crippen LogP contribution in [0, 0.1) is 5.82 Å². The minimum Gasteiger partial charge on any atom is -0.336 e. The summed E-state index contributed by atoms with van der Waals surface area (Å²) < 4.78 is 52.9. The van der Waals surface area contributed by atoms with E-state index in [4.69, 9.17) is 11.6 Å². The molecule has 0 saturated carbocycles. The van der Waals surface area contributed by atoms with Crippen molar-refractivity contribution in [3.8, 4) is 0 Å². The van der Waals surface area contributed by atoms with Crippen molar-refractivity contribution in [2.24, 2.45) is 0 Å². The van der Waals surface area contributed by atoms with Crippen molar-refractivity contribution < 1.29 is 22.4 Å². The molecule has 1 aliphatic rings. The fraction of sp³-hybridized carbons (Fsp3) is 0.269. The molecule has 0 N–H and O–H groups in total. The van der Waals surface area contributed by atoms with Gasteiger partial charge in [-0.2, -0.15) is 13.2 Å². The quantitative estimate of drug-likeness (QED) is 0.395. The van der Waals surface area contributed by atoms with Crippen molar-refractivity contribution >= 4 is 17.5 Å². The third-order valence-corrected chi connectivity index (χ3v) is 6.48. The van der Waals surface area contributed by atoms with Gasteiger partial charge in [0.05, 0.1) is 5.56 Å². The predicted molar refractivity (Wildman–Crippen MR) is 123 cm³/mol. The zero-order valence-corrected chi connectivity index (χ0v) is 19.2. The Hall–Kier alpha value is -2.90. The Morgan fingerprint density at radius 2 is 1.71 bits per heavy atom.